The van der Waals surface area contributed by atoms with Gasteiger partial charge >= 0.3 is 5.97 Å². The summed E-state index contributed by atoms with van der Waals surface area (Å²) in [6.07, 6.45) is 7.86. The fourth-order valence-corrected chi connectivity index (χ4v) is 8.36. The number of carboxylic acid groups (broad SMARTS) is 1. The molecule has 11 heteroatoms. The van der Waals surface area contributed by atoms with Gasteiger partial charge in [-0.25, -0.2) is 4.98 Å². The SMILES string of the molecule is Cc1ccc(C(CC(=O)O)c2ccn3c(C4CC4)nnc3c2C)cc1CN1C[C@H]2CCCN2c2ncccc2S1(O)O. The summed E-state index contributed by atoms with van der Waals surface area (Å²) in [4.78, 5) is 19.4. The Morgan fingerprint density at radius 1 is 1.12 bits per heavy atom. The molecule has 4 aromatic rings. The summed E-state index contributed by atoms with van der Waals surface area (Å²) in [5, 5.41) is 18.9. The molecule has 3 N–H and O–H groups in total. The van der Waals surface area contributed by atoms with Gasteiger partial charge < -0.3 is 10.0 Å². The van der Waals surface area contributed by atoms with E-state index in [9.17, 15) is 19.0 Å². The van der Waals surface area contributed by atoms with Crippen molar-refractivity contribution in [3.8, 4) is 0 Å². The minimum absolute atomic E-state index is 0.0713. The maximum atomic E-state index is 12.1. The van der Waals surface area contributed by atoms with Gasteiger partial charge in [-0.3, -0.25) is 18.3 Å². The van der Waals surface area contributed by atoms with Crippen molar-refractivity contribution in [2.45, 2.75) is 75.3 Å². The van der Waals surface area contributed by atoms with E-state index in [4.69, 9.17) is 0 Å². The van der Waals surface area contributed by atoms with Crippen LogP contribution in [-0.2, 0) is 11.3 Å². The van der Waals surface area contributed by atoms with Crippen LogP contribution in [0.25, 0.3) is 5.65 Å². The Labute approximate surface area is 246 Å². The number of nitrogens with zero attached hydrogens (tertiary/aromatic N) is 6. The highest BCUT2D eigenvalue weighted by Gasteiger charge is 2.40. The Morgan fingerprint density at radius 2 is 1.95 bits per heavy atom. The van der Waals surface area contributed by atoms with Crippen molar-refractivity contribution < 1.29 is 19.0 Å². The Balaban J connectivity index is 1.26. The first-order chi connectivity index (χ1) is 20.2. The highest BCUT2D eigenvalue weighted by Crippen LogP contribution is 2.58. The van der Waals surface area contributed by atoms with Gasteiger partial charge in [-0.05, 0) is 85.5 Å². The molecule has 10 nitrogen and oxygen atoms in total. The Hall–Kier alpha value is -3.51. The first-order valence-electron chi connectivity index (χ1n) is 14.6. The number of hydrogen-bond acceptors (Lipinski definition) is 8. The van der Waals surface area contributed by atoms with Crippen LogP contribution in [0, 0.1) is 13.8 Å². The zero-order valence-electron chi connectivity index (χ0n) is 23.8. The number of pyridine rings is 2. The van der Waals surface area contributed by atoms with E-state index < -0.39 is 22.7 Å². The minimum Gasteiger partial charge on any atom is -0.481 e. The zero-order chi connectivity index (χ0) is 29.2. The molecule has 3 aromatic heterocycles. The molecule has 1 aromatic carbocycles. The topological polar surface area (TPSA) is 127 Å². The summed E-state index contributed by atoms with van der Waals surface area (Å²) in [6.45, 7) is 5.69. The van der Waals surface area contributed by atoms with E-state index in [0.29, 0.717) is 29.7 Å². The number of carbonyl (C=O) groups is 1. The zero-order valence-corrected chi connectivity index (χ0v) is 24.7. The van der Waals surface area contributed by atoms with Crippen molar-refractivity contribution in [3.63, 3.8) is 0 Å². The number of aromatic nitrogens is 4. The third kappa shape index (κ3) is 4.64. The van der Waals surface area contributed by atoms with Crippen molar-refractivity contribution in [3.05, 3.63) is 82.4 Å². The van der Waals surface area contributed by atoms with Gasteiger partial charge in [0.15, 0.2) is 11.5 Å². The first kappa shape index (κ1) is 27.3. The molecular weight excluding hydrogens is 552 g/mol. The number of anilines is 1. The summed E-state index contributed by atoms with van der Waals surface area (Å²) < 4.78 is 27.1. The molecule has 1 saturated heterocycles. The summed E-state index contributed by atoms with van der Waals surface area (Å²) in [5.74, 6) is 0.811. The predicted molar refractivity (Wildman–Crippen MR) is 161 cm³/mol. The molecule has 1 aliphatic carbocycles. The maximum Gasteiger partial charge on any atom is 0.304 e. The highest BCUT2D eigenvalue weighted by atomic mass is 32.3. The Morgan fingerprint density at radius 3 is 2.74 bits per heavy atom. The Kier molecular flexibility index (Phi) is 6.73. The van der Waals surface area contributed by atoms with Crippen LogP contribution in [0.15, 0.2) is 53.7 Å². The van der Waals surface area contributed by atoms with Gasteiger partial charge in [-0.1, -0.05) is 18.2 Å². The van der Waals surface area contributed by atoms with Crippen LogP contribution in [0.2, 0.25) is 0 Å². The lowest BCUT2D eigenvalue weighted by molar-refractivity contribution is -0.137. The molecule has 7 rings (SSSR count). The first-order valence-corrected chi connectivity index (χ1v) is 16.1. The summed E-state index contributed by atoms with van der Waals surface area (Å²) in [7, 11) is -3.29. The molecule has 0 bridgehead atoms. The molecule has 220 valence electrons. The van der Waals surface area contributed by atoms with Crippen LogP contribution in [0.4, 0.5) is 5.82 Å². The number of benzene rings is 1. The molecule has 1 saturated carbocycles. The average Bonchev–Trinajstić information content (AvgIpc) is 3.56. The van der Waals surface area contributed by atoms with Gasteiger partial charge in [0.25, 0.3) is 0 Å². The number of aliphatic carboxylic acids is 1. The monoisotopic (exact) mass is 588 g/mol. The van der Waals surface area contributed by atoms with Crippen LogP contribution < -0.4 is 4.90 Å². The summed E-state index contributed by atoms with van der Waals surface area (Å²) in [6, 6.07) is 11.7. The largest absolute Gasteiger partial charge is 0.481 e. The fourth-order valence-electron chi connectivity index (χ4n) is 6.71. The van der Waals surface area contributed by atoms with Gasteiger partial charge in [0.2, 0.25) is 0 Å². The van der Waals surface area contributed by atoms with E-state index in [1.165, 1.54) is 0 Å². The van der Waals surface area contributed by atoms with E-state index in [1.54, 1.807) is 22.6 Å². The molecule has 0 radical (unpaired) electrons. The highest BCUT2D eigenvalue weighted by molar-refractivity contribution is 8.22. The average molecular weight is 589 g/mol. The second kappa shape index (κ2) is 10.3. The third-order valence-electron chi connectivity index (χ3n) is 9.18. The van der Waals surface area contributed by atoms with Crippen molar-refractivity contribution >= 4 is 28.2 Å². The van der Waals surface area contributed by atoms with Crippen LogP contribution in [-0.4, -0.2) is 63.2 Å². The van der Waals surface area contributed by atoms with E-state index in [0.717, 1.165) is 71.5 Å². The van der Waals surface area contributed by atoms with Crippen molar-refractivity contribution in [1.29, 1.82) is 0 Å². The lowest BCUT2D eigenvalue weighted by atomic mass is 9.85. The number of hydrogen-bond donors (Lipinski definition) is 3. The van der Waals surface area contributed by atoms with Crippen molar-refractivity contribution in [2.75, 3.05) is 18.0 Å². The van der Waals surface area contributed by atoms with Crippen LogP contribution in [0.5, 0.6) is 0 Å². The van der Waals surface area contributed by atoms with Crippen LogP contribution in [0.3, 0.4) is 0 Å². The van der Waals surface area contributed by atoms with E-state index >= 15 is 0 Å². The van der Waals surface area contributed by atoms with E-state index in [2.05, 4.69) is 20.1 Å². The van der Waals surface area contributed by atoms with Gasteiger partial charge in [0.1, 0.15) is 10.7 Å². The smallest absolute Gasteiger partial charge is 0.304 e. The van der Waals surface area contributed by atoms with Gasteiger partial charge in [-0.15, -0.1) is 21.0 Å². The summed E-state index contributed by atoms with van der Waals surface area (Å²) in [5.41, 5.74) is 5.44. The standard InChI is InChI=1S/C31H36N6O4S/c1-19-7-8-22(26(16-28(38)39)25-11-14-37-29(20(25)2)33-34-30(37)21-9-10-21)15-23(19)17-35-18-24-5-4-13-36(24)31-27(42(35,40)41)6-3-12-32-31/h3,6-8,11-12,14-15,21,24,26,40-41H,4-5,9-10,13,16-18H2,1-2H3,(H,38,39)/t24-,26?/m1/s1. The second-order valence-corrected chi connectivity index (χ2v) is 13.9. The van der Waals surface area contributed by atoms with Crippen molar-refractivity contribution in [1.82, 2.24) is 23.9 Å². The normalized spacial score (nSPS) is 21.5. The molecule has 42 heavy (non-hydrogen) atoms. The number of fused-ring (bicyclic) bond motifs is 4. The predicted octanol–water partition coefficient (Wildman–Crippen LogP) is 5.73. The molecular formula is C31H36N6O4S. The molecule has 5 heterocycles. The minimum atomic E-state index is -3.29. The van der Waals surface area contributed by atoms with Gasteiger partial charge in [0.05, 0.1) is 6.42 Å². The van der Waals surface area contributed by atoms with Crippen LogP contribution >= 0.6 is 10.8 Å². The quantitative estimate of drug-likeness (QED) is 0.248. The van der Waals surface area contributed by atoms with Gasteiger partial charge in [0, 0.05) is 49.9 Å². The summed E-state index contributed by atoms with van der Waals surface area (Å²) >= 11 is 0. The van der Waals surface area contributed by atoms with E-state index in [-0.39, 0.29) is 12.5 Å². The third-order valence-corrected chi connectivity index (χ3v) is 11.1. The molecule has 2 atom stereocenters. The Bertz CT molecular complexity index is 1690. The molecule has 2 fully saturated rings. The number of aryl methyl sites for hydroxylation is 2. The molecule has 3 aliphatic rings. The van der Waals surface area contributed by atoms with Crippen LogP contribution in [0.1, 0.15) is 77.6 Å². The van der Waals surface area contributed by atoms with Gasteiger partial charge in [-0.2, -0.15) is 4.31 Å². The number of rotatable bonds is 7. The molecule has 0 spiro atoms. The molecule has 0 amide bonds. The second-order valence-electron chi connectivity index (χ2n) is 11.9. The van der Waals surface area contributed by atoms with E-state index in [1.807, 2.05) is 48.7 Å². The number of carboxylic acids is 1. The lowest BCUT2D eigenvalue weighted by Gasteiger charge is -2.42. The lowest BCUT2D eigenvalue weighted by Crippen LogP contribution is -2.38. The fraction of sp³-hybridized carbons (Fsp3) is 0.419. The molecule has 2 aliphatic heterocycles. The molecule has 1 unspecified atom stereocenters. The van der Waals surface area contributed by atoms with Crippen molar-refractivity contribution in [2.24, 2.45) is 0 Å². The maximum absolute atomic E-state index is 12.1.